The van der Waals surface area contributed by atoms with Crippen molar-refractivity contribution in [2.75, 3.05) is 17.0 Å². The Labute approximate surface area is 210 Å². The summed E-state index contributed by atoms with van der Waals surface area (Å²) in [4.78, 5) is 29.7. The summed E-state index contributed by atoms with van der Waals surface area (Å²) in [5.41, 5.74) is 4.65. The van der Waals surface area contributed by atoms with Gasteiger partial charge in [0.15, 0.2) is 17.3 Å². The van der Waals surface area contributed by atoms with Crippen LogP contribution in [-0.4, -0.2) is 18.5 Å². The van der Waals surface area contributed by atoms with E-state index in [0.717, 1.165) is 28.2 Å². The third-order valence-corrected chi connectivity index (χ3v) is 7.08. The summed E-state index contributed by atoms with van der Waals surface area (Å²) < 4.78 is 11.2. The lowest BCUT2D eigenvalue weighted by Gasteiger charge is -2.37. The molecule has 0 bridgehead atoms. The van der Waals surface area contributed by atoms with Gasteiger partial charge in [0.25, 0.3) is 0 Å². The van der Waals surface area contributed by atoms with E-state index < -0.39 is 6.04 Å². The Bertz CT molecular complexity index is 1390. The number of anilines is 2. The number of nitrogens with zero attached hydrogens (tertiary/aromatic N) is 1. The highest BCUT2D eigenvalue weighted by molar-refractivity contribution is 6.06. The summed E-state index contributed by atoms with van der Waals surface area (Å²) in [5, 5.41) is 3.56. The number of Topliss-reactive ketones (excluding diaryl/α,β-unsaturated/α-hetero) is 1. The van der Waals surface area contributed by atoms with E-state index in [0.29, 0.717) is 29.9 Å². The molecule has 1 unspecified atom stereocenters. The molecule has 0 fully saturated rings. The quantitative estimate of drug-likeness (QED) is 0.513. The van der Waals surface area contributed by atoms with Crippen LogP contribution >= 0.6 is 0 Å². The Kier molecular flexibility index (Phi) is 5.32. The number of fused-ring (bicyclic) bond motifs is 2. The molecule has 2 aliphatic heterocycles. The van der Waals surface area contributed by atoms with E-state index in [-0.39, 0.29) is 30.3 Å². The molecule has 1 aliphatic carbocycles. The molecule has 3 aromatic carbocycles. The number of para-hydroxylation sites is 2. The number of carbonyl (C=O) groups is 2. The maximum Gasteiger partial charge on any atom is 0.232 e. The Hall–Kier alpha value is -4.06. The molecule has 0 radical (unpaired) electrons. The fourth-order valence-electron chi connectivity index (χ4n) is 5.52. The Morgan fingerprint density at radius 1 is 0.972 bits per heavy atom. The topological polar surface area (TPSA) is 67.9 Å². The van der Waals surface area contributed by atoms with Crippen LogP contribution in [0.4, 0.5) is 11.4 Å². The third kappa shape index (κ3) is 3.92. The average Bonchev–Trinajstić information content (AvgIpc) is 3.26. The summed E-state index contributed by atoms with van der Waals surface area (Å²) in [7, 11) is 0. The van der Waals surface area contributed by atoms with Crippen LogP contribution in [0.3, 0.4) is 0 Å². The van der Waals surface area contributed by atoms with Crippen molar-refractivity contribution in [2.24, 2.45) is 5.41 Å². The van der Waals surface area contributed by atoms with Gasteiger partial charge < -0.3 is 14.8 Å². The Balaban J connectivity index is 1.56. The Morgan fingerprint density at radius 3 is 2.56 bits per heavy atom. The number of benzene rings is 3. The van der Waals surface area contributed by atoms with Crippen LogP contribution < -0.4 is 19.7 Å². The SMILES string of the molecule is CC1(C)CC(=O)C2=C(C1)Nc1ccccc1N(C(=O)Cc1ccccc1)C2c1ccc2c(c1)OCO2. The minimum atomic E-state index is -0.592. The molecule has 6 rings (SSSR count). The minimum Gasteiger partial charge on any atom is -0.454 e. The van der Waals surface area contributed by atoms with Gasteiger partial charge in [-0.1, -0.05) is 62.4 Å². The number of nitrogens with one attached hydrogen (secondary N) is 1. The summed E-state index contributed by atoms with van der Waals surface area (Å²) in [5.74, 6) is 1.27. The van der Waals surface area contributed by atoms with Gasteiger partial charge >= 0.3 is 0 Å². The molecule has 182 valence electrons. The van der Waals surface area contributed by atoms with Crippen molar-refractivity contribution in [3.63, 3.8) is 0 Å². The summed E-state index contributed by atoms with van der Waals surface area (Å²) >= 11 is 0. The van der Waals surface area contributed by atoms with Gasteiger partial charge in [-0.05, 0) is 47.2 Å². The lowest BCUT2D eigenvalue weighted by atomic mass is 9.73. The van der Waals surface area contributed by atoms with Crippen molar-refractivity contribution in [3.05, 3.63) is 95.2 Å². The fourth-order valence-corrected chi connectivity index (χ4v) is 5.52. The molecule has 0 spiro atoms. The lowest BCUT2D eigenvalue weighted by Crippen LogP contribution is -2.40. The number of carbonyl (C=O) groups excluding carboxylic acids is 2. The molecule has 1 atom stereocenters. The van der Waals surface area contributed by atoms with E-state index in [1.807, 2.05) is 72.8 Å². The average molecular weight is 481 g/mol. The predicted octanol–water partition coefficient (Wildman–Crippen LogP) is 5.80. The second kappa shape index (κ2) is 8.55. The van der Waals surface area contributed by atoms with Crippen molar-refractivity contribution < 1.29 is 19.1 Å². The zero-order valence-corrected chi connectivity index (χ0v) is 20.4. The van der Waals surface area contributed by atoms with Gasteiger partial charge in [-0.15, -0.1) is 0 Å². The maximum absolute atomic E-state index is 14.1. The van der Waals surface area contributed by atoms with Crippen molar-refractivity contribution in [1.82, 2.24) is 0 Å². The minimum absolute atomic E-state index is 0.0572. The zero-order chi connectivity index (χ0) is 24.9. The second-order valence-electron chi connectivity index (χ2n) is 10.4. The first-order chi connectivity index (χ1) is 17.4. The highest BCUT2D eigenvalue weighted by Crippen LogP contribution is 2.49. The lowest BCUT2D eigenvalue weighted by molar-refractivity contribution is -0.119. The maximum atomic E-state index is 14.1. The first kappa shape index (κ1) is 22.4. The molecule has 3 aromatic rings. The van der Waals surface area contributed by atoms with Crippen molar-refractivity contribution in [3.8, 4) is 11.5 Å². The summed E-state index contributed by atoms with van der Waals surface area (Å²) in [6.45, 7) is 4.38. The molecule has 3 aliphatic rings. The normalized spacial score (nSPS) is 19.8. The van der Waals surface area contributed by atoms with Gasteiger partial charge in [-0.3, -0.25) is 14.5 Å². The van der Waals surface area contributed by atoms with Crippen LogP contribution in [0.5, 0.6) is 11.5 Å². The van der Waals surface area contributed by atoms with Crippen molar-refractivity contribution >= 4 is 23.1 Å². The van der Waals surface area contributed by atoms with Crippen LogP contribution in [0, 0.1) is 5.41 Å². The predicted molar refractivity (Wildman–Crippen MR) is 138 cm³/mol. The smallest absolute Gasteiger partial charge is 0.232 e. The molecule has 6 nitrogen and oxygen atoms in total. The molecular weight excluding hydrogens is 452 g/mol. The van der Waals surface area contributed by atoms with E-state index in [4.69, 9.17) is 9.47 Å². The number of ketones is 1. The molecular formula is C30H28N2O4. The van der Waals surface area contributed by atoms with Crippen LogP contribution in [0.1, 0.15) is 43.9 Å². The van der Waals surface area contributed by atoms with E-state index in [2.05, 4.69) is 19.2 Å². The molecule has 2 heterocycles. The highest BCUT2D eigenvalue weighted by atomic mass is 16.7. The van der Waals surface area contributed by atoms with Gasteiger partial charge in [-0.25, -0.2) is 0 Å². The number of hydrogen-bond donors (Lipinski definition) is 1. The molecule has 0 aromatic heterocycles. The van der Waals surface area contributed by atoms with Crippen LogP contribution in [-0.2, 0) is 16.0 Å². The van der Waals surface area contributed by atoms with E-state index in [1.54, 1.807) is 4.90 Å². The Morgan fingerprint density at radius 2 is 1.72 bits per heavy atom. The summed E-state index contributed by atoms with van der Waals surface area (Å²) in [6.07, 6.45) is 1.36. The van der Waals surface area contributed by atoms with Gasteiger partial charge in [-0.2, -0.15) is 0 Å². The second-order valence-corrected chi connectivity index (χ2v) is 10.4. The number of ether oxygens (including phenoxy) is 2. The van der Waals surface area contributed by atoms with E-state index >= 15 is 0 Å². The molecule has 6 heteroatoms. The largest absolute Gasteiger partial charge is 0.454 e. The monoisotopic (exact) mass is 480 g/mol. The highest BCUT2D eigenvalue weighted by Gasteiger charge is 2.43. The van der Waals surface area contributed by atoms with Crippen LogP contribution in [0.25, 0.3) is 0 Å². The zero-order valence-electron chi connectivity index (χ0n) is 20.4. The van der Waals surface area contributed by atoms with Crippen molar-refractivity contribution in [1.29, 1.82) is 0 Å². The number of hydrogen-bond acceptors (Lipinski definition) is 5. The van der Waals surface area contributed by atoms with Gasteiger partial charge in [0, 0.05) is 17.7 Å². The van der Waals surface area contributed by atoms with Gasteiger partial charge in [0.05, 0.1) is 23.8 Å². The number of amides is 1. The first-order valence-electron chi connectivity index (χ1n) is 12.3. The molecule has 36 heavy (non-hydrogen) atoms. The standard InChI is InChI=1S/C30H28N2O4/c1-30(2)16-22-28(24(33)17-30)29(20-12-13-25-26(15-20)36-18-35-25)32(23-11-7-6-10-21(23)31-22)27(34)14-19-8-4-3-5-9-19/h3-13,15,29,31H,14,16-18H2,1-2H3. The van der Waals surface area contributed by atoms with Gasteiger partial charge in [0.1, 0.15) is 0 Å². The van der Waals surface area contributed by atoms with Crippen LogP contribution in [0.2, 0.25) is 0 Å². The van der Waals surface area contributed by atoms with Gasteiger partial charge in [0.2, 0.25) is 12.7 Å². The molecule has 1 amide bonds. The van der Waals surface area contributed by atoms with Crippen LogP contribution in [0.15, 0.2) is 84.1 Å². The third-order valence-electron chi connectivity index (χ3n) is 7.08. The van der Waals surface area contributed by atoms with Crippen molar-refractivity contribution in [2.45, 2.75) is 39.2 Å². The van der Waals surface area contributed by atoms with E-state index in [1.165, 1.54) is 0 Å². The molecule has 1 N–H and O–H groups in total. The molecule has 0 saturated heterocycles. The molecule has 0 saturated carbocycles. The summed E-state index contributed by atoms with van der Waals surface area (Å²) in [6, 6.07) is 22.6. The number of rotatable bonds is 3. The first-order valence-corrected chi connectivity index (χ1v) is 12.3. The fraction of sp³-hybridized carbons (Fsp3) is 0.267. The number of allylic oxidation sites excluding steroid dienone is 1. The van der Waals surface area contributed by atoms with E-state index in [9.17, 15) is 9.59 Å².